The van der Waals surface area contributed by atoms with E-state index in [-0.39, 0.29) is 0 Å². The van der Waals surface area contributed by atoms with Crippen molar-refractivity contribution in [3.05, 3.63) is 54.3 Å². The quantitative estimate of drug-likeness (QED) is 0.667. The first kappa shape index (κ1) is 14.8. The van der Waals surface area contributed by atoms with Crippen molar-refractivity contribution in [1.29, 1.82) is 0 Å². The highest BCUT2D eigenvalue weighted by Crippen LogP contribution is 2.38. The van der Waals surface area contributed by atoms with Crippen LogP contribution in [0.1, 0.15) is 23.6 Å². The summed E-state index contributed by atoms with van der Waals surface area (Å²) in [6, 6.07) is 8.14. The lowest BCUT2D eigenvalue weighted by atomic mass is 10.0. The molecule has 24 heavy (non-hydrogen) atoms. The minimum atomic E-state index is 0.647. The van der Waals surface area contributed by atoms with Crippen molar-refractivity contribution in [3.63, 3.8) is 0 Å². The molecular formula is C19H19N3O2. The van der Waals surface area contributed by atoms with Gasteiger partial charge >= 0.3 is 0 Å². The third-order valence-electron chi connectivity index (χ3n) is 4.25. The van der Waals surface area contributed by atoms with Crippen molar-refractivity contribution in [1.82, 2.24) is 9.97 Å². The maximum atomic E-state index is 5.71. The highest BCUT2D eigenvalue weighted by atomic mass is 16.5. The zero-order chi connectivity index (χ0) is 16.7. The van der Waals surface area contributed by atoms with Gasteiger partial charge in [-0.05, 0) is 56.5 Å². The topological polar surface area (TPSA) is 51.4 Å². The highest BCUT2D eigenvalue weighted by Gasteiger charge is 2.23. The molecule has 0 atom stereocenters. The van der Waals surface area contributed by atoms with Gasteiger partial charge in [0.25, 0.3) is 0 Å². The van der Waals surface area contributed by atoms with Gasteiger partial charge in [0.2, 0.25) is 5.71 Å². The van der Waals surface area contributed by atoms with Crippen LogP contribution in [0.3, 0.4) is 0 Å². The third kappa shape index (κ3) is 2.42. The van der Waals surface area contributed by atoms with Crippen molar-refractivity contribution in [2.75, 3.05) is 11.4 Å². The lowest BCUT2D eigenvalue weighted by molar-refractivity contribution is 0.482. The normalized spacial score (nSPS) is 13.8. The Morgan fingerprint density at radius 1 is 1.25 bits per heavy atom. The molecule has 0 fully saturated rings. The minimum absolute atomic E-state index is 0.647. The standard InChI is InChI=1S/C19H19N3O2/c1-4-23-15-7-8-17-14(11-15)6-5-9-22(17)18-16-10-12(2)24-19(16)21-13(3)20-18/h4,7-8,10-11H,1,5-6,9H2,2-3H3. The fourth-order valence-electron chi connectivity index (χ4n) is 3.30. The monoisotopic (exact) mass is 321 g/mol. The summed E-state index contributed by atoms with van der Waals surface area (Å²) >= 11 is 0. The Bertz CT molecular complexity index is 930. The highest BCUT2D eigenvalue weighted by molar-refractivity contribution is 5.90. The number of anilines is 2. The minimum Gasteiger partial charge on any atom is -0.466 e. The molecule has 2 aromatic heterocycles. The molecule has 0 unspecified atom stereocenters. The van der Waals surface area contributed by atoms with Crippen LogP contribution in [0.2, 0.25) is 0 Å². The van der Waals surface area contributed by atoms with E-state index in [2.05, 4.69) is 28.6 Å². The van der Waals surface area contributed by atoms with Crippen molar-refractivity contribution < 1.29 is 9.15 Å². The first-order valence-electron chi connectivity index (χ1n) is 8.08. The Morgan fingerprint density at radius 2 is 2.12 bits per heavy atom. The first-order chi connectivity index (χ1) is 11.7. The van der Waals surface area contributed by atoms with Crippen LogP contribution >= 0.6 is 0 Å². The number of nitrogens with zero attached hydrogens (tertiary/aromatic N) is 3. The zero-order valence-corrected chi connectivity index (χ0v) is 13.9. The Hall–Kier alpha value is -2.82. The number of rotatable bonds is 3. The van der Waals surface area contributed by atoms with Gasteiger partial charge < -0.3 is 14.1 Å². The first-order valence-corrected chi connectivity index (χ1v) is 8.08. The SMILES string of the molecule is C=COc1ccc2c(c1)CCCN2c1nc(C)nc2oc(C)cc12. The molecule has 3 aromatic rings. The van der Waals surface area contributed by atoms with Crippen LogP contribution in [-0.4, -0.2) is 16.5 Å². The van der Waals surface area contributed by atoms with Gasteiger partial charge in [-0.25, -0.2) is 4.98 Å². The van der Waals surface area contributed by atoms with Gasteiger partial charge in [-0.3, -0.25) is 0 Å². The van der Waals surface area contributed by atoms with E-state index in [4.69, 9.17) is 14.1 Å². The van der Waals surface area contributed by atoms with Crippen LogP contribution in [0, 0.1) is 13.8 Å². The van der Waals surface area contributed by atoms with E-state index in [1.54, 1.807) is 0 Å². The number of fused-ring (bicyclic) bond motifs is 2. The number of ether oxygens (including phenoxy) is 1. The maximum absolute atomic E-state index is 5.71. The fraction of sp³-hybridized carbons (Fsp3) is 0.263. The van der Waals surface area contributed by atoms with Crippen LogP contribution in [0.25, 0.3) is 11.1 Å². The molecule has 0 saturated heterocycles. The van der Waals surface area contributed by atoms with E-state index in [1.807, 2.05) is 26.0 Å². The van der Waals surface area contributed by atoms with Gasteiger partial charge in [-0.1, -0.05) is 6.58 Å². The lowest BCUT2D eigenvalue weighted by Crippen LogP contribution is -2.25. The van der Waals surface area contributed by atoms with Gasteiger partial charge in [0.15, 0.2) is 0 Å². The lowest BCUT2D eigenvalue weighted by Gasteiger charge is -2.31. The van der Waals surface area contributed by atoms with Crippen molar-refractivity contribution in [2.24, 2.45) is 0 Å². The molecule has 0 spiro atoms. The van der Waals surface area contributed by atoms with E-state index < -0.39 is 0 Å². The molecule has 0 aliphatic carbocycles. The average Bonchev–Trinajstić information content (AvgIpc) is 2.93. The number of aromatic nitrogens is 2. The predicted molar refractivity (Wildman–Crippen MR) is 93.9 cm³/mol. The molecule has 122 valence electrons. The summed E-state index contributed by atoms with van der Waals surface area (Å²) < 4.78 is 11.1. The molecule has 1 aliphatic rings. The smallest absolute Gasteiger partial charge is 0.231 e. The molecule has 0 saturated carbocycles. The summed E-state index contributed by atoms with van der Waals surface area (Å²) in [5.74, 6) is 3.28. The number of hydrogen-bond donors (Lipinski definition) is 0. The second kappa shape index (κ2) is 5.67. The number of aryl methyl sites for hydroxylation is 3. The fourth-order valence-corrected chi connectivity index (χ4v) is 3.30. The summed E-state index contributed by atoms with van der Waals surface area (Å²) in [5, 5.41) is 0.956. The van der Waals surface area contributed by atoms with Gasteiger partial charge in [-0.15, -0.1) is 0 Å². The van der Waals surface area contributed by atoms with Crippen molar-refractivity contribution in [3.8, 4) is 5.75 Å². The number of hydrogen-bond acceptors (Lipinski definition) is 5. The molecule has 0 amide bonds. The van der Waals surface area contributed by atoms with Crippen LogP contribution in [-0.2, 0) is 6.42 Å². The van der Waals surface area contributed by atoms with Crippen LogP contribution in [0.15, 0.2) is 41.5 Å². The summed E-state index contributed by atoms with van der Waals surface area (Å²) in [5.41, 5.74) is 3.06. The average molecular weight is 321 g/mol. The third-order valence-corrected chi connectivity index (χ3v) is 4.25. The predicted octanol–water partition coefficient (Wildman–Crippen LogP) is 4.45. The Morgan fingerprint density at radius 3 is 2.96 bits per heavy atom. The summed E-state index contributed by atoms with van der Waals surface area (Å²) in [7, 11) is 0. The van der Waals surface area contributed by atoms with E-state index in [0.29, 0.717) is 11.5 Å². The Labute approximate surface area is 140 Å². The molecule has 5 nitrogen and oxygen atoms in total. The molecule has 3 heterocycles. The Kier molecular flexibility index (Phi) is 3.49. The van der Waals surface area contributed by atoms with Crippen LogP contribution in [0.4, 0.5) is 11.5 Å². The molecular weight excluding hydrogens is 302 g/mol. The summed E-state index contributed by atoms with van der Waals surface area (Å²) in [4.78, 5) is 11.4. The van der Waals surface area contributed by atoms with Crippen molar-refractivity contribution in [2.45, 2.75) is 26.7 Å². The van der Waals surface area contributed by atoms with Crippen LogP contribution < -0.4 is 9.64 Å². The molecule has 0 N–H and O–H groups in total. The summed E-state index contributed by atoms with van der Waals surface area (Å²) in [6.07, 6.45) is 3.54. The zero-order valence-electron chi connectivity index (χ0n) is 13.9. The molecule has 4 rings (SSSR count). The van der Waals surface area contributed by atoms with Gasteiger partial charge in [0.05, 0.1) is 11.6 Å². The molecule has 0 radical (unpaired) electrons. The molecule has 1 aliphatic heterocycles. The molecule has 1 aromatic carbocycles. The van der Waals surface area contributed by atoms with E-state index in [0.717, 1.165) is 47.8 Å². The molecule has 5 heteroatoms. The largest absolute Gasteiger partial charge is 0.466 e. The van der Waals surface area contributed by atoms with Gasteiger partial charge in [-0.2, -0.15) is 4.98 Å². The van der Waals surface area contributed by atoms with Gasteiger partial charge in [0.1, 0.15) is 23.2 Å². The van der Waals surface area contributed by atoms with E-state index >= 15 is 0 Å². The summed E-state index contributed by atoms with van der Waals surface area (Å²) in [6.45, 7) is 8.37. The van der Waals surface area contributed by atoms with E-state index in [1.165, 1.54) is 11.8 Å². The van der Waals surface area contributed by atoms with Crippen molar-refractivity contribution >= 4 is 22.6 Å². The van der Waals surface area contributed by atoms with Gasteiger partial charge in [0, 0.05) is 12.2 Å². The van der Waals surface area contributed by atoms with E-state index in [9.17, 15) is 0 Å². The maximum Gasteiger partial charge on any atom is 0.231 e. The Balaban J connectivity index is 1.86. The molecule has 0 bridgehead atoms. The number of benzene rings is 1. The van der Waals surface area contributed by atoms with Crippen LogP contribution in [0.5, 0.6) is 5.75 Å². The second-order valence-electron chi connectivity index (χ2n) is 6.00. The second-order valence-corrected chi connectivity index (χ2v) is 6.00. The number of furan rings is 1.